The van der Waals surface area contributed by atoms with E-state index in [2.05, 4.69) is 11.3 Å². The summed E-state index contributed by atoms with van der Waals surface area (Å²) in [5.74, 6) is -1.10. The van der Waals surface area contributed by atoms with Crippen LogP contribution in [0.25, 0.3) is 0 Å². The van der Waals surface area contributed by atoms with Crippen LogP contribution in [0.4, 0.5) is 8.78 Å². The van der Waals surface area contributed by atoms with Crippen LogP contribution in [0.2, 0.25) is 0 Å². The van der Waals surface area contributed by atoms with E-state index in [0.29, 0.717) is 0 Å². The maximum atomic E-state index is 11.4. The normalized spacial score (nSPS) is 8.91. The Bertz CT molecular complexity index is 207. The number of nitrogens with zero attached hydrogens (tertiary/aromatic N) is 1. The zero-order valence-corrected chi connectivity index (χ0v) is 5.51. The van der Waals surface area contributed by atoms with Crippen LogP contribution in [0.15, 0.2) is 12.2 Å². The lowest BCUT2D eigenvalue weighted by Gasteiger charge is -2.00. The minimum atomic E-state index is -2.72. The van der Waals surface area contributed by atoms with E-state index < -0.39 is 24.6 Å². The lowest BCUT2D eigenvalue weighted by molar-refractivity contribution is -0.142. The van der Waals surface area contributed by atoms with E-state index >= 15 is 0 Å². The number of hydrogen-bond acceptors (Lipinski definition) is 3. The van der Waals surface area contributed by atoms with Crippen molar-refractivity contribution in [2.24, 2.45) is 0 Å². The SMILES string of the molecule is C=C(C#N)C(=O)OCC(F)F. The molecule has 0 bridgehead atoms. The molecule has 0 aromatic carbocycles. The summed E-state index contributed by atoms with van der Waals surface area (Å²) < 4.78 is 26.7. The van der Waals surface area contributed by atoms with Gasteiger partial charge in [0, 0.05) is 0 Å². The minimum Gasteiger partial charge on any atom is -0.456 e. The fourth-order valence-corrected chi connectivity index (χ4v) is 0.271. The van der Waals surface area contributed by atoms with Gasteiger partial charge in [0.2, 0.25) is 0 Å². The van der Waals surface area contributed by atoms with Crippen molar-refractivity contribution in [1.82, 2.24) is 0 Å². The lowest BCUT2D eigenvalue weighted by Crippen LogP contribution is -2.12. The molecule has 0 atom stereocenters. The van der Waals surface area contributed by atoms with Gasteiger partial charge < -0.3 is 4.74 Å². The van der Waals surface area contributed by atoms with Gasteiger partial charge in [0.15, 0.2) is 6.61 Å². The van der Waals surface area contributed by atoms with Gasteiger partial charge in [0.25, 0.3) is 6.43 Å². The third kappa shape index (κ3) is 4.03. The average Bonchev–Trinajstić information content (AvgIpc) is 1.98. The Morgan fingerprint density at radius 1 is 1.73 bits per heavy atom. The largest absolute Gasteiger partial charge is 0.456 e. The first-order valence-electron chi connectivity index (χ1n) is 2.62. The van der Waals surface area contributed by atoms with Crippen LogP contribution in [0.5, 0.6) is 0 Å². The van der Waals surface area contributed by atoms with Crippen molar-refractivity contribution < 1.29 is 18.3 Å². The number of rotatable bonds is 3. The first kappa shape index (κ1) is 9.56. The standard InChI is InChI=1S/C6H5F2NO2/c1-4(2-9)6(10)11-3-5(7)8/h5H,1,3H2. The highest BCUT2D eigenvalue weighted by Gasteiger charge is 2.10. The van der Waals surface area contributed by atoms with Gasteiger partial charge in [-0.05, 0) is 0 Å². The van der Waals surface area contributed by atoms with Crippen molar-refractivity contribution in [2.75, 3.05) is 6.61 Å². The number of alkyl halides is 2. The summed E-state index contributed by atoms with van der Waals surface area (Å²) in [4.78, 5) is 10.4. The molecule has 0 aliphatic carbocycles. The summed E-state index contributed by atoms with van der Waals surface area (Å²) in [5.41, 5.74) is -0.481. The average molecular weight is 161 g/mol. The Balaban J connectivity index is 3.73. The highest BCUT2D eigenvalue weighted by Crippen LogP contribution is 1.97. The molecule has 5 heteroatoms. The molecule has 0 amide bonds. The molecular weight excluding hydrogens is 156 g/mol. The van der Waals surface area contributed by atoms with Crippen LogP contribution in [0, 0.1) is 11.3 Å². The van der Waals surface area contributed by atoms with Gasteiger partial charge in [-0.2, -0.15) is 5.26 Å². The molecule has 0 rings (SSSR count). The summed E-state index contributed by atoms with van der Waals surface area (Å²) >= 11 is 0. The second-order valence-corrected chi connectivity index (χ2v) is 1.58. The van der Waals surface area contributed by atoms with Crippen molar-refractivity contribution in [3.63, 3.8) is 0 Å². The van der Waals surface area contributed by atoms with Gasteiger partial charge in [-0.25, -0.2) is 13.6 Å². The molecule has 0 heterocycles. The van der Waals surface area contributed by atoms with Gasteiger partial charge in [-0.3, -0.25) is 0 Å². The molecular formula is C6H5F2NO2. The van der Waals surface area contributed by atoms with E-state index in [1.807, 2.05) is 0 Å². The number of halogens is 2. The molecule has 0 aromatic heterocycles. The van der Waals surface area contributed by atoms with Crippen molar-refractivity contribution in [1.29, 1.82) is 5.26 Å². The number of carbonyl (C=O) groups is 1. The molecule has 0 N–H and O–H groups in total. The highest BCUT2D eigenvalue weighted by molar-refractivity contribution is 5.91. The van der Waals surface area contributed by atoms with Crippen LogP contribution in [-0.4, -0.2) is 19.0 Å². The molecule has 0 spiro atoms. The molecule has 0 radical (unpaired) electrons. The zero-order valence-electron chi connectivity index (χ0n) is 5.51. The molecule has 11 heavy (non-hydrogen) atoms. The minimum absolute atomic E-state index is 0.481. The Morgan fingerprint density at radius 3 is 2.64 bits per heavy atom. The third-order valence-corrected chi connectivity index (χ3v) is 0.722. The number of nitriles is 1. The number of hydrogen-bond donors (Lipinski definition) is 0. The second-order valence-electron chi connectivity index (χ2n) is 1.58. The lowest BCUT2D eigenvalue weighted by atomic mass is 10.3. The summed E-state index contributed by atoms with van der Waals surface area (Å²) in [7, 11) is 0. The van der Waals surface area contributed by atoms with Crippen molar-refractivity contribution >= 4 is 5.97 Å². The summed E-state index contributed by atoms with van der Waals surface area (Å²) in [6, 6.07) is 1.37. The molecule has 0 aliphatic heterocycles. The second kappa shape index (κ2) is 4.39. The Morgan fingerprint density at radius 2 is 2.27 bits per heavy atom. The van der Waals surface area contributed by atoms with Crippen molar-refractivity contribution in [3.05, 3.63) is 12.2 Å². The first-order valence-corrected chi connectivity index (χ1v) is 2.62. The van der Waals surface area contributed by atoms with Gasteiger partial charge in [0.1, 0.15) is 11.6 Å². The van der Waals surface area contributed by atoms with Crippen LogP contribution < -0.4 is 0 Å². The van der Waals surface area contributed by atoms with E-state index in [1.165, 1.54) is 6.07 Å². The maximum absolute atomic E-state index is 11.4. The molecule has 3 nitrogen and oxygen atoms in total. The molecule has 60 valence electrons. The van der Waals surface area contributed by atoms with Crippen LogP contribution in [0.1, 0.15) is 0 Å². The van der Waals surface area contributed by atoms with Crippen LogP contribution in [-0.2, 0) is 9.53 Å². The van der Waals surface area contributed by atoms with Gasteiger partial charge in [-0.1, -0.05) is 6.58 Å². The zero-order chi connectivity index (χ0) is 8.85. The maximum Gasteiger partial charge on any atom is 0.348 e. The van der Waals surface area contributed by atoms with E-state index in [4.69, 9.17) is 5.26 Å². The number of ether oxygens (including phenoxy) is 1. The Kier molecular flexibility index (Phi) is 3.81. The predicted octanol–water partition coefficient (Wildman–Crippen LogP) is 0.874. The van der Waals surface area contributed by atoms with E-state index in [-0.39, 0.29) is 0 Å². The Labute approximate surface area is 61.9 Å². The third-order valence-electron chi connectivity index (χ3n) is 0.722. The molecule has 0 saturated heterocycles. The summed E-state index contributed by atoms with van der Waals surface area (Å²) in [5, 5.41) is 8.03. The fraction of sp³-hybridized carbons (Fsp3) is 0.333. The summed E-state index contributed by atoms with van der Waals surface area (Å²) in [6.45, 7) is 1.97. The van der Waals surface area contributed by atoms with Gasteiger partial charge in [-0.15, -0.1) is 0 Å². The van der Waals surface area contributed by atoms with Crippen LogP contribution in [0.3, 0.4) is 0 Å². The number of carbonyl (C=O) groups excluding carboxylic acids is 1. The molecule has 0 unspecified atom stereocenters. The molecule has 0 aromatic rings. The van der Waals surface area contributed by atoms with Gasteiger partial charge in [0.05, 0.1) is 0 Å². The van der Waals surface area contributed by atoms with E-state index in [9.17, 15) is 13.6 Å². The first-order chi connectivity index (χ1) is 5.07. The smallest absolute Gasteiger partial charge is 0.348 e. The topological polar surface area (TPSA) is 50.1 Å². The predicted molar refractivity (Wildman–Crippen MR) is 31.7 cm³/mol. The van der Waals surface area contributed by atoms with Crippen molar-refractivity contribution in [2.45, 2.75) is 6.43 Å². The van der Waals surface area contributed by atoms with E-state index in [0.717, 1.165) is 0 Å². The molecule has 0 aliphatic rings. The monoisotopic (exact) mass is 161 g/mol. The molecule has 0 saturated carbocycles. The fourth-order valence-electron chi connectivity index (χ4n) is 0.271. The van der Waals surface area contributed by atoms with Gasteiger partial charge >= 0.3 is 5.97 Å². The highest BCUT2D eigenvalue weighted by atomic mass is 19.3. The quantitative estimate of drug-likeness (QED) is 0.350. The Hall–Kier alpha value is -1.44. The summed E-state index contributed by atoms with van der Waals surface area (Å²) in [6.07, 6.45) is -2.72. The van der Waals surface area contributed by atoms with Crippen LogP contribution >= 0.6 is 0 Å². The van der Waals surface area contributed by atoms with E-state index in [1.54, 1.807) is 0 Å². The number of esters is 1. The molecule has 0 fully saturated rings. The van der Waals surface area contributed by atoms with Crippen molar-refractivity contribution in [3.8, 4) is 6.07 Å².